The highest BCUT2D eigenvalue weighted by Gasteiger charge is 2.14. The Balaban J connectivity index is 1.47. The highest BCUT2D eigenvalue weighted by atomic mass is 32.2. The van der Waals surface area contributed by atoms with Crippen LogP contribution in [-0.2, 0) is 16.4 Å². The number of hydrogen-bond acceptors (Lipinski definition) is 6. The number of amides is 1. The van der Waals surface area contributed by atoms with Gasteiger partial charge in [-0.1, -0.05) is 18.2 Å². The van der Waals surface area contributed by atoms with Crippen LogP contribution in [0.15, 0.2) is 64.4 Å². The molecule has 0 bridgehead atoms. The van der Waals surface area contributed by atoms with Crippen molar-refractivity contribution in [1.82, 2.24) is 14.7 Å². The smallest absolute Gasteiger partial charge is 0.266 e. The van der Waals surface area contributed by atoms with Crippen molar-refractivity contribution < 1.29 is 13.2 Å². The summed E-state index contributed by atoms with van der Waals surface area (Å²) < 4.78 is 24.0. The van der Waals surface area contributed by atoms with Gasteiger partial charge < -0.3 is 5.32 Å². The van der Waals surface area contributed by atoms with Crippen LogP contribution < -0.4 is 16.0 Å². The molecule has 1 amide bonds. The van der Waals surface area contributed by atoms with Crippen LogP contribution in [0.3, 0.4) is 0 Å². The first-order chi connectivity index (χ1) is 13.8. The molecule has 10 heteroatoms. The molecule has 0 atom stereocenters. The molecule has 29 heavy (non-hydrogen) atoms. The molecular weight excluding hydrogens is 412 g/mol. The monoisotopic (exact) mass is 428 g/mol. The first-order valence-electron chi connectivity index (χ1n) is 8.64. The summed E-state index contributed by atoms with van der Waals surface area (Å²) in [7, 11) is -3.72. The van der Waals surface area contributed by atoms with Crippen LogP contribution in [0.25, 0.3) is 15.9 Å². The molecule has 0 spiro atoms. The molecule has 0 aliphatic heterocycles. The van der Waals surface area contributed by atoms with Gasteiger partial charge >= 0.3 is 0 Å². The number of carbonyl (C=O) groups is 1. The second-order valence-electron chi connectivity index (χ2n) is 6.37. The normalized spacial score (nSPS) is 11.8. The average Bonchev–Trinajstić information content (AvgIpc) is 3.12. The van der Waals surface area contributed by atoms with E-state index in [1.807, 2.05) is 0 Å². The molecule has 148 valence electrons. The number of primary sulfonamides is 1. The SMILES string of the molecule is NS(=O)(=O)c1ccc(CCNC(=O)c2cc3c(=O)n4ccccc4nc3s2)cc1. The van der Waals surface area contributed by atoms with Crippen molar-refractivity contribution in [1.29, 1.82) is 0 Å². The number of hydrogen-bond donors (Lipinski definition) is 2. The lowest BCUT2D eigenvalue weighted by Crippen LogP contribution is -2.24. The summed E-state index contributed by atoms with van der Waals surface area (Å²) in [4.78, 5) is 30.4. The fourth-order valence-electron chi connectivity index (χ4n) is 2.91. The van der Waals surface area contributed by atoms with Crippen molar-refractivity contribution in [3.05, 3.63) is 75.5 Å². The zero-order valence-electron chi connectivity index (χ0n) is 15.0. The van der Waals surface area contributed by atoms with E-state index < -0.39 is 10.0 Å². The largest absolute Gasteiger partial charge is 0.351 e. The van der Waals surface area contributed by atoms with Crippen LogP contribution in [0, 0.1) is 0 Å². The van der Waals surface area contributed by atoms with Crippen molar-refractivity contribution >= 4 is 43.1 Å². The minimum atomic E-state index is -3.72. The number of thiophene rings is 1. The Morgan fingerprint density at radius 1 is 1.17 bits per heavy atom. The molecule has 0 radical (unpaired) electrons. The molecule has 3 heterocycles. The van der Waals surface area contributed by atoms with Gasteiger partial charge in [-0.3, -0.25) is 14.0 Å². The molecule has 0 fully saturated rings. The number of fused-ring (bicyclic) bond motifs is 2. The molecule has 0 unspecified atom stereocenters. The van der Waals surface area contributed by atoms with Crippen LogP contribution in [0.5, 0.6) is 0 Å². The fourth-order valence-corrected chi connectivity index (χ4v) is 4.37. The maximum absolute atomic E-state index is 12.6. The van der Waals surface area contributed by atoms with E-state index in [9.17, 15) is 18.0 Å². The number of nitrogens with one attached hydrogen (secondary N) is 1. The molecule has 4 aromatic rings. The van der Waals surface area contributed by atoms with Gasteiger partial charge in [0.2, 0.25) is 10.0 Å². The zero-order chi connectivity index (χ0) is 20.6. The molecular formula is C19H16N4O4S2. The van der Waals surface area contributed by atoms with E-state index in [1.165, 1.54) is 27.9 Å². The molecule has 1 aromatic carbocycles. The Bertz CT molecular complexity index is 1390. The van der Waals surface area contributed by atoms with Crippen molar-refractivity contribution in [3.8, 4) is 0 Å². The second-order valence-corrected chi connectivity index (χ2v) is 8.96. The minimum Gasteiger partial charge on any atom is -0.351 e. The Morgan fingerprint density at radius 3 is 2.66 bits per heavy atom. The molecule has 3 N–H and O–H groups in total. The third kappa shape index (κ3) is 3.90. The van der Waals surface area contributed by atoms with Gasteiger partial charge in [-0.15, -0.1) is 11.3 Å². The maximum Gasteiger partial charge on any atom is 0.266 e. The summed E-state index contributed by atoms with van der Waals surface area (Å²) in [6.45, 7) is 0.357. The van der Waals surface area contributed by atoms with Crippen molar-refractivity contribution in [2.24, 2.45) is 5.14 Å². The van der Waals surface area contributed by atoms with Crippen molar-refractivity contribution in [3.63, 3.8) is 0 Å². The summed E-state index contributed by atoms with van der Waals surface area (Å²) in [5, 5.41) is 8.28. The lowest BCUT2D eigenvalue weighted by molar-refractivity contribution is 0.0958. The number of nitrogens with zero attached hydrogens (tertiary/aromatic N) is 2. The Morgan fingerprint density at radius 2 is 1.93 bits per heavy atom. The van der Waals surface area contributed by atoms with E-state index in [0.717, 1.165) is 5.56 Å². The first-order valence-corrected chi connectivity index (χ1v) is 11.0. The summed E-state index contributed by atoms with van der Waals surface area (Å²) in [6, 6.07) is 13.0. The quantitative estimate of drug-likeness (QED) is 0.499. The molecule has 4 rings (SSSR count). The number of sulfonamides is 1. The first kappa shape index (κ1) is 19.2. The molecule has 0 aliphatic rings. The van der Waals surface area contributed by atoms with E-state index in [4.69, 9.17) is 5.14 Å². The van der Waals surface area contributed by atoms with E-state index in [2.05, 4.69) is 10.3 Å². The van der Waals surface area contributed by atoms with E-state index in [0.29, 0.717) is 33.7 Å². The number of pyridine rings is 1. The van der Waals surface area contributed by atoms with Gasteiger partial charge in [-0.2, -0.15) is 0 Å². The van der Waals surface area contributed by atoms with Crippen LogP contribution >= 0.6 is 11.3 Å². The van der Waals surface area contributed by atoms with Crippen LogP contribution in [0.4, 0.5) is 0 Å². The summed E-state index contributed by atoms with van der Waals surface area (Å²) >= 11 is 1.17. The van der Waals surface area contributed by atoms with Gasteiger partial charge in [0.05, 0.1) is 15.2 Å². The Kier molecular flexibility index (Phi) is 4.91. The van der Waals surface area contributed by atoms with E-state index in [1.54, 1.807) is 42.6 Å². The van der Waals surface area contributed by atoms with Gasteiger partial charge in [-0.25, -0.2) is 18.5 Å². The Hall–Kier alpha value is -3.08. The van der Waals surface area contributed by atoms with Gasteiger partial charge in [0, 0.05) is 12.7 Å². The fraction of sp³-hybridized carbons (Fsp3) is 0.105. The van der Waals surface area contributed by atoms with Gasteiger partial charge in [-0.05, 0) is 42.3 Å². The third-order valence-electron chi connectivity index (χ3n) is 4.39. The summed E-state index contributed by atoms with van der Waals surface area (Å²) in [5.74, 6) is -0.289. The highest BCUT2D eigenvalue weighted by molar-refractivity contribution is 7.89. The van der Waals surface area contributed by atoms with Crippen molar-refractivity contribution in [2.75, 3.05) is 6.54 Å². The van der Waals surface area contributed by atoms with Crippen LogP contribution in [-0.4, -0.2) is 30.3 Å². The second kappa shape index (κ2) is 7.39. The number of aromatic nitrogens is 2. The van der Waals surface area contributed by atoms with E-state index in [-0.39, 0.29) is 16.4 Å². The molecule has 8 nitrogen and oxygen atoms in total. The third-order valence-corrected chi connectivity index (χ3v) is 6.35. The number of carbonyl (C=O) groups excluding carboxylic acids is 1. The van der Waals surface area contributed by atoms with Gasteiger partial charge in [0.25, 0.3) is 11.5 Å². The average molecular weight is 428 g/mol. The Labute approximate surface area is 169 Å². The summed E-state index contributed by atoms with van der Waals surface area (Å²) in [5.41, 5.74) is 1.18. The number of benzene rings is 1. The molecule has 3 aromatic heterocycles. The predicted molar refractivity (Wildman–Crippen MR) is 111 cm³/mol. The van der Waals surface area contributed by atoms with Crippen LogP contribution in [0.1, 0.15) is 15.2 Å². The minimum absolute atomic E-state index is 0.0433. The van der Waals surface area contributed by atoms with Gasteiger partial charge in [0.15, 0.2) is 0 Å². The van der Waals surface area contributed by atoms with Crippen LogP contribution in [0.2, 0.25) is 0 Å². The lowest BCUT2D eigenvalue weighted by atomic mass is 10.1. The van der Waals surface area contributed by atoms with Gasteiger partial charge in [0.1, 0.15) is 10.5 Å². The predicted octanol–water partition coefficient (Wildman–Crippen LogP) is 1.53. The molecule has 0 saturated carbocycles. The van der Waals surface area contributed by atoms with E-state index >= 15 is 0 Å². The maximum atomic E-state index is 12.6. The number of nitrogens with two attached hydrogens (primary N) is 1. The molecule has 0 saturated heterocycles. The molecule has 0 aliphatic carbocycles. The lowest BCUT2D eigenvalue weighted by Gasteiger charge is -2.05. The topological polar surface area (TPSA) is 124 Å². The standard InChI is InChI=1S/C19H16N4O4S2/c20-29(26,27)13-6-4-12(5-7-13)8-9-21-17(24)15-11-14-18(28-15)22-16-3-1-2-10-23(16)19(14)25/h1-7,10-11H,8-9H2,(H,21,24)(H2,20,26,27). The highest BCUT2D eigenvalue weighted by Crippen LogP contribution is 2.22. The summed E-state index contributed by atoms with van der Waals surface area (Å²) in [6.07, 6.45) is 2.16. The van der Waals surface area contributed by atoms with Crippen molar-refractivity contribution in [2.45, 2.75) is 11.3 Å². The zero-order valence-corrected chi connectivity index (χ0v) is 16.7. The number of rotatable bonds is 5.